The monoisotopic (exact) mass is 176 g/mol. The van der Waals surface area contributed by atoms with Crippen LogP contribution in [0.5, 0.6) is 0 Å². The van der Waals surface area contributed by atoms with Gasteiger partial charge in [-0.1, -0.05) is 6.58 Å². The summed E-state index contributed by atoms with van der Waals surface area (Å²) in [5, 5.41) is 16.0. The van der Waals surface area contributed by atoms with Gasteiger partial charge in [0, 0.05) is 6.08 Å². The number of hydrogen-bond donors (Lipinski definition) is 2. The van der Waals surface area contributed by atoms with Crippen molar-refractivity contribution in [3.05, 3.63) is 12.7 Å². The third-order valence-corrected chi connectivity index (χ3v) is 0.945. The molecule has 4 heteroatoms. The molecule has 0 aromatic heterocycles. The van der Waals surface area contributed by atoms with Crippen molar-refractivity contribution in [1.82, 2.24) is 0 Å². The van der Waals surface area contributed by atoms with Gasteiger partial charge in [0.2, 0.25) is 0 Å². The number of nitrogens with zero attached hydrogens (tertiary/aromatic N) is 1. The van der Waals surface area contributed by atoms with E-state index in [9.17, 15) is 4.79 Å². The van der Waals surface area contributed by atoms with E-state index in [1.54, 1.807) is 0 Å². The van der Waals surface area contributed by atoms with Gasteiger partial charge in [-0.05, 0) is 0 Å². The van der Waals surface area contributed by atoms with E-state index in [-0.39, 0.29) is 6.61 Å². The molecule has 0 spiro atoms. The van der Waals surface area contributed by atoms with Gasteiger partial charge in [-0.2, -0.15) is 0 Å². The van der Waals surface area contributed by atoms with Gasteiger partial charge >= 0.3 is 5.97 Å². The molecule has 0 atom stereocenters. The number of aliphatic hydroxyl groups excluding tert-OH is 1. The molecule has 0 rings (SSSR count). The standard InChI is InChI=1S/C5H14NO.C3H4O2/c1-6(2,3)4-5-7;1-2-3(4)5/h7H,4-5H2,1-3H3;2H,1H2,(H,4,5)/q+1;. The third-order valence-electron chi connectivity index (χ3n) is 0.945. The van der Waals surface area contributed by atoms with E-state index in [4.69, 9.17) is 10.2 Å². The van der Waals surface area contributed by atoms with Crippen LogP contribution in [0.2, 0.25) is 0 Å². The minimum absolute atomic E-state index is 0.281. The zero-order chi connectivity index (χ0) is 10.2. The average molecular weight is 176 g/mol. The van der Waals surface area contributed by atoms with Gasteiger partial charge < -0.3 is 14.7 Å². The fraction of sp³-hybridized carbons (Fsp3) is 0.625. The molecule has 0 aliphatic carbocycles. The van der Waals surface area contributed by atoms with Gasteiger partial charge in [-0.25, -0.2) is 4.79 Å². The summed E-state index contributed by atoms with van der Waals surface area (Å²) in [6.45, 7) is 4.08. The minimum atomic E-state index is -0.981. The highest BCUT2D eigenvalue weighted by atomic mass is 16.4. The molecule has 4 nitrogen and oxygen atoms in total. The van der Waals surface area contributed by atoms with Gasteiger partial charge in [-0.3, -0.25) is 0 Å². The quantitative estimate of drug-likeness (QED) is 0.468. The van der Waals surface area contributed by atoms with Crippen LogP contribution in [0.15, 0.2) is 12.7 Å². The number of carboxylic acid groups (broad SMARTS) is 1. The molecular formula is C8H18NO3+. The maximum absolute atomic E-state index is 9.25. The van der Waals surface area contributed by atoms with Crippen LogP contribution in [0.1, 0.15) is 0 Å². The Bertz CT molecular complexity index is 138. The van der Waals surface area contributed by atoms with Crippen molar-refractivity contribution in [1.29, 1.82) is 0 Å². The molecule has 0 saturated carbocycles. The van der Waals surface area contributed by atoms with Gasteiger partial charge in [-0.15, -0.1) is 0 Å². The first kappa shape index (κ1) is 13.7. The predicted octanol–water partition coefficient (Wildman–Crippen LogP) is -0.0581. The number of rotatable bonds is 3. The Kier molecular flexibility index (Phi) is 7.78. The molecule has 12 heavy (non-hydrogen) atoms. The van der Waals surface area contributed by atoms with E-state index in [2.05, 4.69) is 27.7 Å². The Morgan fingerprint density at radius 3 is 1.83 bits per heavy atom. The fourth-order valence-corrected chi connectivity index (χ4v) is 0.300. The molecule has 0 amide bonds. The van der Waals surface area contributed by atoms with Crippen molar-refractivity contribution in [2.45, 2.75) is 0 Å². The molecule has 0 radical (unpaired) electrons. The van der Waals surface area contributed by atoms with E-state index in [1.807, 2.05) is 0 Å². The predicted molar refractivity (Wildman–Crippen MR) is 47.8 cm³/mol. The summed E-state index contributed by atoms with van der Waals surface area (Å²) >= 11 is 0. The molecule has 0 aliphatic rings. The van der Waals surface area contributed by atoms with Crippen LogP contribution >= 0.6 is 0 Å². The minimum Gasteiger partial charge on any atom is -0.478 e. The Morgan fingerprint density at radius 1 is 1.50 bits per heavy atom. The summed E-state index contributed by atoms with van der Waals surface area (Å²) in [7, 11) is 6.16. The summed E-state index contributed by atoms with van der Waals surface area (Å²) in [4.78, 5) is 9.25. The van der Waals surface area contributed by atoms with Crippen molar-refractivity contribution in [3.63, 3.8) is 0 Å². The zero-order valence-electron chi connectivity index (χ0n) is 7.95. The van der Waals surface area contributed by atoms with Crippen molar-refractivity contribution in [2.75, 3.05) is 34.3 Å². The van der Waals surface area contributed by atoms with Crippen LogP contribution < -0.4 is 0 Å². The van der Waals surface area contributed by atoms with Crippen LogP contribution in [0.4, 0.5) is 0 Å². The summed E-state index contributed by atoms with van der Waals surface area (Å²) in [6, 6.07) is 0. The average Bonchev–Trinajstić information content (AvgIpc) is 1.86. The topological polar surface area (TPSA) is 57.5 Å². The first-order valence-corrected chi connectivity index (χ1v) is 3.60. The lowest BCUT2D eigenvalue weighted by Gasteiger charge is -2.21. The second kappa shape index (κ2) is 6.82. The highest BCUT2D eigenvalue weighted by Crippen LogP contribution is 1.84. The van der Waals surface area contributed by atoms with Crippen molar-refractivity contribution >= 4 is 5.97 Å². The van der Waals surface area contributed by atoms with Gasteiger partial charge in [0.15, 0.2) is 0 Å². The summed E-state index contributed by atoms with van der Waals surface area (Å²) in [5.41, 5.74) is 0. The second-order valence-corrected chi connectivity index (χ2v) is 3.28. The number of hydrogen-bond acceptors (Lipinski definition) is 2. The number of carboxylic acids is 1. The molecule has 0 aliphatic heterocycles. The lowest BCUT2D eigenvalue weighted by Crippen LogP contribution is -2.36. The lowest BCUT2D eigenvalue weighted by atomic mass is 10.5. The summed E-state index contributed by atoms with van der Waals surface area (Å²) in [6.07, 6.45) is 0.833. The summed E-state index contributed by atoms with van der Waals surface area (Å²) < 4.78 is 0.844. The second-order valence-electron chi connectivity index (χ2n) is 3.28. The number of aliphatic carboxylic acids is 1. The highest BCUT2D eigenvalue weighted by molar-refractivity contribution is 5.78. The van der Waals surface area contributed by atoms with Crippen LogP contribution in [0, 0.1) is 0 Å². The number of aliphatic hydroxyl groups is 1. The van der Waals surface area contributed by atoms with Crippen molar-refractivity contribution in [2.24, 2.45) is 0 Å². The molecule has 0 bridgehead atoms. The van der Waals surface area contributed by atoms with Crippen LogP contribution in [-0.4, -0.2) is 55.0 Å². The van der Waals surface area contributed by atoms with Crippen LogP contribution in [-0.2, 0) is 4.79 Å². The Morgan fingerprint density at radius 2 is 1.83 bits per heavy atom. The molecule has 0 heterocycles. The zero-order valence-corrected chi connectivity index (χ0v) is 7.95. The molecular weight excluding hydrogens is 158 g/mol. The van der Waals surface area contributed by atoms with Crippen LogP contribution in [0.25, 0.3) is 0 Å². The van der Waals surface area contributed by atoms with E-state index in [0.717, 1.165) is 17.1 Å². The first-order valence-electron chi connectivity index (χ1n) is 3.60. The van der Waals surface area contributed by atoms with Crippen molar-refractivity contribution in [3.8, 4) is 0 Å². The van der Waals surface area contributed by atoms with E-state index in [0.29, 0.717) is 0 Å². The van der Waals surface area contributed by atoms with Crippen molar-refractivity contribution < 1.29 is 19.5 Å². The SMILES string of the molecule is C=CC(=O)O.C[N+](C)(C)CCO. The molecule has 72 valence electrons. The Labute approximate surface area is 73.3 Å². The van der Waals surface area contributed by atoms with Gasteiger partial charge in [0.05, 0.1) is 27.7 Å². The maximum Gasteiger partial charge on any atom is 0.327 e. The molecule has 0 fully saturated rings. The smallest absolute Gasteiger partial charge is 0.327 e. The van der Waals surface area contributed by atoms with E-state index in [1.165, 1.54) is 0 Å². The van der Waals surface area contributed by atoms with E-state index < -0.39 is 5.97 Å². The number of carbonyl (C=O) groups is 1. The molecule has 2 N–H and O–H groups in total. The largest absolute Gasteiger partial charge is 0.478 e. The molecule has 0 aromatic rings. The first-order chi connectivity index (χ1) is 5.33. The number of quaternary nitrogens is 1. The van der Waals surface area contributed by atoms with E-state index >= 15 is 0 Å². The highest BCUT2D eigenvalue weighted by Gasteiger charge is 2.02. The molecule has 0 aromatic carbocycles. The Hall–Kier alpha value is -0.870. The fourth-order valence-electron chi connectivity index (χ4n) is 0.300. The third kappa shape index (κ3) is 22.9. The summed E-state index contributed by atoms with van der Waals surface area (Å²) in [5.74, 6) is -0.981. The van der Waals surface area contributed by atoms with Gasteiger partial charge in [0.25, 0.3) is 0 Å². The Balaban J connectivity index is 0. The number of likely N-dealkylation sites (N-methyl/N-ethyl adjacent to an activating group) is 1. The van der Waals surface area contributed by atoms with Gasteiger partial charge in [0.1, 0.15) is 6.54 Å². The normalized spacial score (nSPS) is 9.67. The molecule has 0 saturated heterocycles. The lowest BCUT2D eigenvalue weighted by molar-refractivity contribution is -0.870. The molecule has 0 unspecified atom stereocenters. The van der Waals surface area contributed by atoms with Crippen LogP contribution in [0.3, 0.4) is 0 Å². The maximum atomic E-state index is 9.25.